The molecule has 1 fully saturated rings. The summed E-state index contributed by atoms with van der Waals surface area (Å²) < 4.78 is 32.7. The number of benzene rings is 2. The number of para-hydroxylation sites is 1. The average molecular weight is 332 g/mol. The lowest BCUT2D eigenvalue weighted by molar-refractivity contribution is 0.0942. The van der Waals surface area contributed by atoms with Crippen molar-refractivity contribution in [3.8, 4) is 0 Å². The van der Waals surface area contributed by atoms with E-state index in [1.54, 1.807) is 0 Å². The molecule has 3 rings (SSSR count). The van der Waals surface area contributed by atoms with Crippen LogP contribution in [0.1, 0.15) is 15.9 Å². The summed E-state index contributed by atoms with van der Waals surface area (Å²) in [7, 11) is 0. The molecule has 24 heavy (non-hydrogen) atoms. The molecule has 1 aliphatic heterocycles. The van der Waals surface area contributed by atoms with Gasteiger partial charge in [-0.1, -0.05) is 24.3 Å². The molecule has 2 aromatic rings. The van der Waals surface area contributed by atoms with E-state index in [9.17, 15) is 13.6 Å². The molecule has 0 bridgehead atoms. The fourth-order valence-electron chi connectivity index (χ4n) is 2.75. The normalized spacial score (nSPS) is 14.5. The molecule has 1 saturated heterocycles. The van der Waals surface area contributed by atoms with E-state index in [4.69, 9.17) is 4.74 Å². The van der Waals surface area contributed by atoms with Crippen molar-refractivity contribution in [1.29, 1.82) is 0 Å². The molecule has 0 aromatic heterocycles. The number of rotatable bonds is 4. The third-order valence-corrected chi connectivity index (χ3v) is 3.97. The van der Waals surface area contributed by atoms with Gasteiger partial charge in [-0.2, -0.15) is 0 Å². The molecule has 1 heterocycles. The van der Waals surface area contributed by atoms with E-state index in [1.165, 1.54) is 6.07 Å². The van der Waals surface area contributed by atoms with Crippen molar-refractivity contribution < 1.29 is 18.3 Å². The zero-order chi connectivity index (χ0) is 16.9. The Morgan fingerprint density at radius 3 is 2.42 bits per heavy atom. The molecule has 0 unspecified atom stereocenters. The maximum Gasteiger partial charge on any atom is 0.257 e. The number of nitrogens with zero attached hydrogens (tertiary/aromatic N) is 1. The monoisotopic (exact) mass is 332 g/mol. The largest absolute Gasteiger partial charge is 0.378 e. The Balaban J connectivity index is 1.74. The van der Waals surface area contributed by atoms with Crippen molar-refractivity contribution in [2.24, 2.45) is 0 Å². The number of ether oxygens (including phenoxy) is 1. The van der Waals surface area contributed by atoms with Crippen LogP contribution >= 0.6 is 0 Å². The molecule has 0 atom stereocenters. The Bertz CT molecular complexity index is 710. The molecule has 1 N–H and O–H groups in total. The Labute approximate surface area is 139 Å². The van der Waals surface area contributed by atoms with Gasteiger partial charge in [0.2, 0.25) is 0 Å². The van der Waals surface area contributed by atoms with Crippen LogP contribution in [0.25, 0.3) is 0 Å². The molecule has 0 aliphatic carbocycles. The highest BCUT2D eigenvalue weighted by molar-refractivity contribution is 5.94. The quantitative estimate of drug-likeness (QED) is 0.936. The zero-order valence-corrected chi connectivity index (χ0v) is 13.1. The van der Waals surface area contributed by atoms with Gasteiger partial charge in [-0.15, -0.1) is 0 Å². The first kappa shape index (κ1) is 16.4. The van der Waals surface area contributed by atoms with Crippen LogP contribution in [0.2, 0.25) is 0 Å². The summed E-state index contributed by atoms with van der Waals surface area (Å²) in [5.41, 5.74) is 1.33. The van der Waals surface area contributed by atoms with Gasteiger partial charge < -0.3 is 15.0 Å². The molecule has 4 nitrogen and oxygen atoms in total. The van der Waals surface area contributed by atoms with E-state index < -0.39 is 23.1 Å². The fourth-order valence-corrected chi connectivity index (χ4v) is 2.75. The van der Waals surface area contributed by atoms with E-state index >= 15 is 0 Å². The molecule has 6 heteroatoms. The minimum atomic E-state index is -0.867. The molecule has 1 amide bonds. The summed E-state index contributed by atoms with van der Waals surface area (Å²) in [5.74, 6) is -2.50. The van der Waals surface area contributed by atoms with Crippen LogP contribution in [0.4, 0.5) is 14.5 Å². The van der Waals surface area contributed by atoms with Gasteiger partial charge in [0.05, 0.1) is 13.2 Å². The van der Waals surface area contributed by atoms with Crippen LogP contribution in [-0.2, 0) is 11.3 Å². The number of carbonyl (C=O) groups is 1. The third kappa shape index (κ3) is 3.54. The van der Waals surface area contributed by atoms with Crippen LogP contribution in [0.5, 0.6) is 0 Å². The predicted molar refractivity (Wildman–Crippen MR) is 87.0 cm³/mol. The first-order valence-corrected chi connectivity index (χ1v) is 7.79. The summed E-state index contributed by atoms with van der Waals surface area (Å²) in [6, 6.07) is 11.0. The van der Waals surface area contributed by atoms with Crippen LogP contribution < -0.4 is 10.2 Å². The molecule has 126 valence electrons. The van der Waals surface area contributed by atoms with Crippen LogP contribution in [0.3, 0.4) is 0 Å². The van der Waals surface area contributed by atoms with Crippen LogP contribution in [0, 0.1) is 11.6 Å². The number of halogens is 2. The Morgan fingerprint density at radius 2 is 1.71 bits per heavy atom. The number of carbonyl (C=O) groups excluding carboxylic acids is 1. The second kappa shape index (κ2) is 7.40. The molecular weight excluding hydrogens is 314 g/mol. The standard InChI is InChI=1S/C18H18F2N2O2/c19-14-5-3-6-15(20)17(14)18(23)21-12-13-4-1-2-7-16(13)22-8-10-24-11-9-22/h1-7H,8-12H2,(H,21,23). The molecule has 1 aliphatic rings. The lowest BCUT2D eigenvalue weighted by Crippen LogP contribution is -2.37. The SMILES string of the molecule is O=C(NCc1ccccc1N1CCOCC1)c1c(F)cccc1F. The minimum Gasteiger partial charge on any atom is -0.378 e. The molecule has 0 saturated carbocycles. The van der Waals surface area contributed by atoms with Gasteiger partial charge in [-0.25, -0.2) is 8.78 Å². The topological polar surface area (TPSA) is 41.6 Å². The summed E-state index contributed by atoms with van der Waals surface area (Å²) in [4.78, 5) is 14.3. The summed E-state index contributed by atoms with van der Waals surface area (Å²) in [6.45, 7) is 3.04. The fraction of sp³-hybridized carbons (Fsp3) is 0.278. The van der Waals surface area contributed by atoms with E-state index in [2.05, 4.69) is 10.2 Å². The first-order valence-electron chi connectivity index (χ1n) is 7.79. The van der Waals surface area contributed by atoms with Crippen molar-refractivity contribution in [1.82, 2.24) is 5.32 Å². The van der Waals surface area contributed by atoms with E-state index in [0.29, 0.717) is 13.2 Å². The van der Waals surface area contributed by atoms with Crippen LogP contribution in [-0.4, -0.2) is 32.2 Å². The highest BCUT2D eigenvalue weighted by atomic mass is 19.1. The van der Waals surface area contributed by atoms with Gasteiger partial charge in [0.1, 0.15) is 17.2 Å². The highest BCUT2D eigenvalue weighted by Gasteiger charge is 2.18. The van der Waals surface area contributed by atoms with Gasteiger partial charge in [0.15, 0.2) is 0 Å². The Hall–Kier alpha value is -2.47. The maximum absolute atomic E-state index is 13.7. The number of hydrogen-bond acceptors (Lipinski definition) is 3. The average Bonchev–Trinajstić information content (AvgIpc) is 2.61. The van der Waals surface area contributed by atoms with E-state index in [0.717, 1.165) is 36.5 Å². The lowest BCUT2D eigenvalue weighted by Gasteiger charge is -2.30. The zero-order valence-electron chi connectivity index (χ0n) is 13.1. The maximum atomic E-state index is 13.7. The van der Waals surface area contributed by atoms with Gasteiger partial charge in [-0.3, -0.25) is 4.79 Å². The lowest BCUT2D eigenvalue weighted by atomic mass is 10.1. The second-order valence-corrected chi connectivity index (χ2v) is 5.51. The van der Waals surface area contributed by atoms with Crippen molar-refractivity contribution in [2.45, 2.75) is 6.54 Å². The smallest absolute Gasteiger partial charge is 0.257 e. The molecule has 2 aromatic carbocycles. The van der Waals surface area contributed by atoms with Crippen LogP contribution in [0.15, 0.2) is 42.5 Å². The number of hydrogen-bond donors (Lipinski definition) is 1. The Kier molecular flexibility index (Phi) is 5.05. The summed E-state index contributed by atoms with van der Waals surface area (Å²) in [5, 5.41) is 2.60. The van der Waals surface area contributed by atoms with E-state index in [-0.39, 0.29) is 6.54 Å². The third-order valence-electron chi connectivity index (χ3n) is 3.97. The van der Waals surface area contributed by atoms with Crippen molar-refractivity contribution in [3.05, 3.63) is 65.2 Å². The second-order valence-electron chi connectivity index (χ2n) is 5.51. The van der Waals surface area contributed by atoms with Crippen molar-refractivity contribution >= 4 is 11.6 Å². The Morgan fingerprint density at radius 1 is 1.04 bits per heavy atom. The molecular formula is C18H18F2N2O2. The van der Waals surface area contributed by atoms with Gasteiger partial charge in [0.25, 0.3) is 5.91 Å². The molecule has 0 radical (unpaired) electrons. The number of amides is 1. The predicted octanol–water partition coefficient (Wildman–Crippen LogP) is 2.73. The molecule has 0 spiro atoms. The summed E-state index contributed by atoms with van der Waals surface area (Å²) >= 11 is 0. The number of nitrogens with one attached hydrogen (secondary N) is 1. The summed E-state index contributed by atoms with van der Waals surface area (Å²) in [6.07, 6.45) is 0. The van der Waals surface area contributed by atoms with Crippen molar-refractivity contribution in [2.75, 3.05) is 31.2 Å². The van der Waals surface area contributed by atoms with E-state index in [1.807, 2.05) is 24.3 Å². The first-order chi connectivity index (χ1) is 11.7. The number of morpholine rings is 1. The minimum absolute atomic E-state index is 0.195. The highest BCUT2D eigenvalue weighted by Crippen LogP contribution is 2.21. The van der Waals surface area contributed by atoms with Crippen molar-refractivity contribution in [3.63, 3.8) is 0 Å². The van der Waals surface area contributed by atoms with Gasteiger partial charge in [0, 0.05) is 25.3 Å². The number of anilines is 1. The van der Waals surface area contributed by atoms with Gasteiger partial charge in [-0.05, 0) is 23.8 Å². The van der Waals surface area contributed by atoms with Gasteiger partial charge >= 0.3 is 0 Å².